The normalized spacial score (nSPS) is 19.9. The molecule has 0 spiro atoms. The van der Waals surface area contributed by atoms with Crippen molar-refractivity contribution in [1.82, 2.24) is 5.32 Å². The Labute approximate surface area is 116 Å². The molecule has 1 aliphatic rings. The van der Waals surface area contributed by atoms with Crippen molar-refractivity contribution in [3.05, 3.63) is 34.9 Å². The average molecular weight is 266 g/mol. The molecule has 1 N–H and O–H groups in total. The highest BCUT2D eigenvalue weighted by Crippen LogP contribution is 2.48. The number of rotatable bonds is 5. The molecule has 1 atom stereocenters. The van der Waals surface area contributed by atoms with Crippen LogP contribution in [0.15, 0.2) is 24.3 Å². The number of hydrogen-bond donors (Lipinski definition) is 1. The SMILES string of the molecule is CCCNC(c1ccccc1Cl)C1(C)CCCC1. The fourth-order valence-electron chi connectivity index (χ4n) is 3.20. The van der Waals surface area contributed by atoms with E-state index in [4.69, 9.17) is 11.6 Å². The van der Waals surface area contributed by atoms with Crippen molar-refractivity contribution in [2.45, 2.75) is 52.0 Å². The van der Waals surface area contributed by atoms with Crippen LogP contribution in [0.2, 0.25) is 5.02 Å². The van der Waals surface area contributed by atoms with E-state index < -0.39 is 0 Å². The highest BCUT2D eigenvalue weighted by atomic mass is 35.5. The van der Waals surface area contributed by atoms with Crippen molar-refractivity contribution < 1.29 is 0 Å². The third kappa shape index (κ3) is 2.89. The highest BCUT2D eigenvalue weighted by Gasteiger charge is 2.38. The number of benzene rings is 1. The Morgan fingerprint density at radius 1 is 1.28 bits per heavy atom. The van der Waals surface area contributed by atoms with Crippen LogP contribution in [-0.4, -0.2) is 6.54 Å². The van der Waals surface area contributed by atoms with Gasteiger partial charge in [-0.2, -0.15) is 0 Å². The van der Waals surface area contributed by atoms with Crippen molar-refractivity contribution in [3.8, 4) is 0 Å². The van der Waals surface area contributed by atoms with E-state index in [0.29, 0.717) is 11.5 Å². The monoisotopic (exact) mass is 265 g/mol. The van der Waals surface area contributed by atoms with Gasteiger partial charge in [0, 0.05) is 11.1 Å². The lowest BCUT2D eigenvalue weighted by molar-refractivity contribution is 0.224. The summed E-state index contributed by atoms with van der Waals surface area (Å²) in [5.74, 6) is 0. The Kier molecular flexibility index (Phi) is 4.69. The molecular weight excluding hydrogens is 242 g/mol. The molecule has 1 unspecified atom stereocenters. The first-order valence-electron chi connectivity index (χ1n) is 7.15. The quantitative estimate of drug-likeness (QED) is 0.793. The van der Waals surface area contributed by atoms with Gasteiger partial charge in [0.15, 0.2) is 0 Å². The summed E-state index contributed by atoms with van der Waals surface area (Å²) >= 11 is 6.40. The van der Waals surface area contributed by atoms with Crippen LogP contribution in [0.5, 0.6) is 0 Å². The van der Waals surface area contributed by atoms with Gasteiger partial charge >= 0.3 is 0 Å². The van der Waals surface area contributed by atoms with Crippen molar-refractivity contribution in [1.29, 1.82) is 0 Å². The van der Waals surface area contributed by atoms with Crippen molar-refractivity contribution in [3.63, 3.8) is 0 Å². The zero-order valence-corrected chi connectivity index (χ0v) is 12.3. The second kappa shape index (κ2) is 6.08. The smallest absolute Gasteiger partial charge is 0.0454 e. The maximum absolute atomic E-state index is 6.40. The fraction of sp³-hybridized carbons (Fsp3) is 0.625. The Hall–Kier alpha value is -0.530. The Morgan fingerprint density at radius 3 is 2.56 bits per heavy atom. The van der Waals surface area contributed by atoms with E-state index in [0.717, 1.165) is 18.0 Å². The lowest BCUT2D eigenvalue weighted by Crippen LogP contribution is -2.35. The summed E-state index contributed by atoms with van der Waals surface area (Å²) < 4.78 is 0. The summed E-state index contributed by atoms with van der Waals surface area (Å²) in [6.07, 6.45) is 6.48. The standard InChI is InChI=1S/C16H24ClN/c1-3-12-18-15(16(2)10-6-7-11-16)13-8-4-5-9-14(13)17/h4-5,8-9,15,18H,3,6-7,10-12H2,1-2H3. The third-order valence-corrected chi connectivity index (χ3v) is 4.60. The number of nitrogens with one attached hydrogen (secondary N) is 1. The third-order valence-electron chi connectivity index (χ3n) is 4.26. The molecule has 0 radical (unpaired) electrons. The van der Waals surface area contributed by atoms with Crippen molar-refractivity contribution in [2.24, 2.45) is 5.41 Å². The summed E-state index contributed by atoms with van der Waals surface area (Å²) in [5.41, 5.74) is 1.64. The summed E-state index contributed by atoms with van der Waals surface area (Å²) in [6, 6.07) is 8.70. The van der Waals surface area contributed by atoms with Gasteiger partial charge in [-0.25, -0.2) is 0 Å². The Bertz CT molecular complexity index is 382. The van der Waals surface area contributed by atoms with Gasteiger partial charge < -0.3 is 5.32 Å². The number of hydrogen-bond acceptors (Lipinski definition) is 1. The van der Waals surface area contributed by atoms with Gasteiger partial charge in [0.2, 0.25) is 0 Å². The van der Waals surface area contributed by atoms with Crippen LogP contribution in [0.3, 0.4) is 0 Å². The maximum atomic E-state index is 6.40. The van der Waals surface area contributed by atoms with Crippen LogP contribution in [0.1, 0.15) is 57.6 Å². The molecule has 1 aliphatic carbocycles. The summed E-state index contributed by atoms with van der Waals surface area (Å²) in [4.78, 5) is 0. The lowest BCUT2D eigenvalue weighted by Gasteiger charge is -2.36. The van der Waals surface area contributed by atoms with Crippen LogP contribution >= 0.6 is 11.6 Å². The first-order valence-corrected chi connectivity index (χ1v) is 7.53. The van der Waals surface area contributed by atoms with Crippen LogP contribution in [0.25, 0.3) is 0 Å². The molecule has 2 heteroatoms. The molecule has 0 saturated heterocycles. The van der Waals surface area contributed by atoms with E-state index >= 15 is 0 Å². The van der Waals surface area contributed by atoms with Gasteiger partial charge in [0.1, 0.15) is 0 Å². The largest absolute Gasteiger partial charge is 0.309 e. The van der Waals surface area contributed by atoms with Gasteiger partial charge in [-0.05, 0) is 42.9 Å². The number of halogens is 1. The van der Waals surface area contributed by atoms with E-state index in [9.17, 15) is 0 Å². The predicted molar refractivity (Wildman–Crippen MR) is 79.1 cm³/mol. The second-order valence-electron chi connectivity index (χ2n) is 5.77. The summed E-state index contributed by atoms with van der Waals surface area (Å²) in [7, 11) is 0. The molecular formula is C16H24ClN. The Balaban J connectivity index is 2.27. The molecule has 1 nitrogen and oxygen atoms in total. The molecule has 1 aromatic carbocycles. The minimum absolute atomic E-state index is 0.361. The van der Waals surface area contributed by atoms with Crippen molar-refractivity contribution in [2.75, 3.05) is 6.54 Å². The van der Waals surface area contributed by atoms with Gasteiger partial charge in [0.05, 0.1) is 0 Å². The highest BCUT2D eigenvalue weighted by molar-refractivity contribution is 6.31. The molecule has 1 aromatic rings. The van der Waals surface area contributed by atoms with Gasteiger partial charge in [-0.3, -0.25) is 0 Å². The zero-order chi connectivity index (χ0) is 13.0. The van der Waals surface area contributed by atoms with Crippen LogP contribution < -0.4 is 5.32 Å². The maximum Gasteiger partial charge on any atom is 0.0454 e. The minimum Gasteiger partial charge on any atom is -0.309 e. The molecule has 0 heterocycles. The lowest BCUT2D eigenvalue weighted by atomic mass is 9.77. The van der Waals surface area contributed by atoms with Gasteiger partial charge in [0.25, 0.3) is 0 Å². The molecule has 18 heavy (non-hydrogen) atoms. The molecule has 0 amide bonds. The predicted octanol–water partition coefficient (Wildman–Crippen LogP) is 4.96. The van der Waals surface area contributed by atoms with Gasteiger partial charge in [-0.15, -0.1) is 0 Å². The molecule has 0 aromatic heterocycles. The first-order chi connectivity index (χ1) is 8.67. The minimum atomic E-state index is 0.361. The van der Waals surface area contributed by atoms with E-state index in [-0.39, 0.29) is 0 Å². The fourth-order valence-corrected chi connectivity index (χ4v) is 3.45. The van der Waals surface area contributed by atoms with Crippen LogP contribution in [-0.2, 0) is 0 Å². The van der Waals surface area contributed by atoms with E-state index in [1.807, 2.05) is 12.1 Å². The zero-order valence-electron chi connectivity index (χ0n) is 11.5. The van der Waals surface area contributed by atoms with Crippen LogP contribution in [0.4, 0.5) is 0 Å². The molecule has 2 rings (SSSR count). The molecule has 0 bridgehead atoms. The van der Waals surface area contributed by atoms with E-state index in [2.05, 4.69) is 31.3 Å². The van der Waals surface area contributed by atoms with Crippen LogP contribution in [0, 0.1) is 5.41 Å². The van der Waals surface area contributed by atoms with Crippen molar-refractivity contribution >= 4 is 11.6 Å². The summed E-state index contributed by atoms with van der Waals surface area (Å²) in [5, 5.41) is 4.63. The second-order valence-corrected chi connectivity index (χ2v) is 6.18. The summed E-state index contributed by atoms with van der Waals surface area (Å²) in [6.45, 7) is 5.69. The van der Waals surface area contributed by atoms with E-state index in [1.165, 1.54) is 31.2 Å². The average Bonchev–Trinajstić information content (AvgIpc) is 2.80. The Morgan fingerprint density at radius 2 is 1.94 bits per heavy atom. The topological polar surface area (TPSA) is 12.0 Å². The molecule has 1 fully saturated rings. The van der Waals surface area contributed by atoms with Gasteiger partial charge in [-0.1, -0.05) is 56.5 Å². The molecule has 100 valence electrons. The first kappa shape index (κ1) is 13.9. The van der Waals surface area contributed by atoms with E-state index in [1.54, 1.807) is 0 Å². The molecule has 0 aliphatic heterocycles. The molecule has 1 saturated carbocycles.